The Labute approximate surface area is 179 Å². The van der Waals surface area contributed by atoms with E-state index in [1.165, 1.54) is 11.3 Å². The second-order valence-corrected chi connectivity index (χ2v) is 8.00. The third kappa shape index (κ3) is 4.71. The number of carbonyl (C=O) groups excluding carboxylic acids is 1. The number of amides is 1. The van der Waals surface area contributed by atoms with Crippen molar-refractivity contribution in [2.45, 2.75) is 20.4 Å². The fourth-order valence-corrected chi connectivity index (χ4v) is 3.96. The zero-order chi connectivity index (χ0) is 20.9. The van der Waals surface area contributed by atoms with Crippen LogP contribution in [0.2, 0.25) is 0 Å². The molecule has 3 aromatic carbocycles. The smallest absolute Gasteiger partial charge is 0.255 e. The Morgan fingerprint density at radius 3 is 2.23 bits per heavy atom. The van der Waals surface area contributed by atoms with E-state index in [4.69, 9.17) is 0 Å². The van der Waals surface area contributed by atoms with E-state index in [9.17, 15) is 4.79 Å². The summed E-state index contributed by atoms with van der Waals surface area (Å²) in [6.07, 6.45) is 0. The van der Waals surface area contributed by atoms with Crippen molar-refractivity contribution in [3.8, 4) is 0 Å². The fourth-order valence-electron chi connectivity index (χ4n) is 3.96. The average molecular weight is 400 g/mol. The van der Waals surface area contributed by atoms with E-state index < -0.39 is 0 Å². The van der Waals surface area contributed by atoms with Gasteiger partial charge in [-0.2, -0.15) is 0 Å². The van der Waals surface area contributed by atoms with Gasteiger partial charge in [0.2, 0.25) is 0 Å². The molecule has 0 radical (unpaired) electrons. The first-order valence-corrected chi connectivity index (χ1v) is 10.6. The van der Waals surface area contributed by atoms with Crippen LogP contribution in [-0.2, 0) is 6.54 Å². The van der Waals surface area contributed by atoms with Crippen LogP contribution in [0.4, 0.5) is 11.4 Å². The van der Waals surface area contributed by atoms with E-state index in [1.807, 2.05) is 44.2 Å². The predicted molar refractivity (Wildman–Crippen MR) is 124 cm³/mol. The molecular formula is C26H29N3O. The molecule has 1 fully saturated rings. The highest BCUT2D eigenvalue weighted by atomic mass is 16.1. The highest BCUT2D eigenvalue weighted by Gasteiger charge is 2.17. The Bertz CT molecular complexity index is 991. The van der Waals surface area contributed by atoms with Crippen LogP contribution in [0.1, 0.15) is 27.0 Å². The van der Waals surface area contributed by atoms with Gasteiger partial charge in [0.25, 0.3) is 5.91 Å². The van der Waals surface area contributed by atoms with Crippen LogP contribution in [0.3, 0.4) is 0 Å². The van der Waals surface area contributed by atoms with E-state index in [1.54, 1.807) is 0 Å². The highest BCUT2D eigenvalue weighted by molar-refractivity contribution is 6.05. The molecule has 1 amide bonds. The minimum Gasteiger partial charge on any atom is -0.369 e. The van der Waals surface area contributed by atoms with Gasteiger partial charge >= 0.3 is 0 Å². The third-order valence-electron chi connectivity index (χ3n) is 5.96. The van der Waals surface area contributed by atoms with Gasteiger partial charge in [0.15, 0.2) is 0 Å². The Balaban J connectivity index is 1.33. The molecule has 1 aliphatic heterocycles. The Morgan fingerprint density at radius 2 is 1.53 bits per heavy atom. The van der Waals surface area contributed by atoms with Crippen molar-refractivity contribution in [2.24, 2.45) is 0 Å². The van der Waals surface area contributed by atoms with Crippen LogP contribution >= 0.6 is 0 Å². The quantitative estimate of drug-likeness (QED) is 0.664. The monoisotopic (exact) mass is 399 g/mol. The summed E-state index contributed by atoms with van der Waals surface area (Å²) in [7, 11) is 0. The number of hydrogen-bond acceptors (Lipinski definition) is 3. The summed E-state index contributed by atoms with van der Waals surface area (Å²) in [4.78, 5) is 17.6. The van der Waals surface area contributed by atoms with Gasteiger partial charge in [-0.15, -0.1) is 0 Å². The molecule has 1 saturated heterocycles. The van der Waals surface area contributed by atoms with Gasteiger partial charge in [0.1, 0.15) is 0 Å². The number of nitrogens with zero attached hydrogens (tertiary/aromatic N) is 2. The van der Waals surface area contributed by atoms with Crippen LogP contribution in [0.5, 0.6) is 0 Å². The molecule has 30 heavy (non-hydrogen) atoms. The van der Waals surface area contributed by atoms with Gasteiger partial charge in [0, 0.05) is 49.7 Å². The molecule has 1 aliphatic rings. The number of aryl methyl sites for hydroxylation is 1. The molecule has 0 unspecified atom stereocenters. The molecule has 154 valence electrons. The summed E-state index contributed by atoms with van der Waals surface area (Å²) < 4.78 is 0. The first-order chi connectivity index (χ1) is 14.6. The summed E-state index contributed by atoms with van der Waals surface area (Å²) in [6.45, 7) is 9.17. The fraction of sp³-hybridized carbons (Fsp3) is 0.269. The number of piperazine rings is 1. The lowest BCUT2D eigenvalue weighted by atomic mass is 10.0. The largest absolute Gasteiger partial charge is 0.369 e. The lowest BCUT2D eigenvalue weighted by Gasteiger charge is -2.36. The zero-order valence-electron chi connectivity index (χ0n) is 17.8. The first-order valence-electron chi connectivity index (χ1n) is 10.6. The molecule has 0 aromatic heterocycles. The molecule has 0 atom stereocenters. The maximum absolute atomic E-state index is 12.6. The number of carbonyl (C=O) groups is 1. The summed E-state index contributed by atoms with van der Waals surface area (Å²) in [5.74, 6) is -0.0570. The molecular weight excluding hydrogens is 370 g/mol. The number of benzene rings is 3. The van der Waals surface area contributed by atoms with E-state index in [0.29, 0.717) is 0 Å². The van der Waals surface area contributed by atoms with Gasteiger partial charge in [0.05, 0.1) is 0 Å². The molecule has 0 bridgehead atoms. The molecule has 0 spiro atoms. The molecule has 3 aromatic rings. The van der Waals surface area contributed by atoms with Crippen molar-refractivity contribution in [1.82, 2.24) is 4.90 Å². The van der Waals surface area contributed by atoms with Gasteiger partial charge < -0.3 is 10.2 Å². The minimum atomic E-state index is -0.0570. The zero-order valence-corrected chi connectivity index (χ0v) is 17.8. The maximum Gasteiger partial charge on any atom is 0.255 e. The number of rotatable bonds is 5. The van der Waals surface area contributed by atoms with Crippen LogP contribution in [0, 0.1) is 13.8 Å². The van der Waals surface area contributed by atoms with Crippen molar-refractivity contribution in [3.05, 3.63) is 95.1 Å². The number of anilines is 2. The predicted octanol–water partition coefficient (Wildman–Crippen LogP) is 4.88. The third-order valence-corrected chi connectivity index (χ3v) is 5.96. The van der Waals surface area contributed by atoms with Crippen LogP contribution in [0.25, 0.3) is 0 Å². The van der Waals surface area contributed by atoms with Crippen molar-refractivity contribution in [3.63, 3.8) is 0 Å². The molecule has 4 rings (SSSR count). The van der Waals surface area contributed by atoms with Gasteiger partial charge in [-0.3, -0.25) is 9.69 Å². The Hall–Kier alpha value is -3.11. The molecule has 0 aliphatic carbocycles. The van der Waals surface area contributed by atoms with E-state index >= 15 is 0 Å². The molecule has 1 N–H and O–H groups in total. The Morgan fingerprint density at radius 1 is 0.833 bits per heavy atom. The van der Waals surface area contributed by atoms with Crippen molar-refractivity contribution in [2.75, 3.05) is 36.4 Å². The molecule has 1 heterocycles. The summed E-state index contributed by atoms with van der Waals surface area (Å²) in [5.41, 5.74) is 6.29. The van der Waals surface area contributed by atoms with E-state index in [0.717, 1.165) is 55.1 Å². The summed E-state index contributed by atoms with van der Waals surface area (Å²) >= 11 is 0. The van der Waals surface area contributed by atoms with Gasteiger partial charge in [-0.25, -0.2) is 0 Å². The summed E-state index contributed by atoms with van der Waals surface area (Å²) in [5, 5.41) is 3.03. The number of nitrogens with one attached hydrogen (secondary N) is 1. The maximum atomic E-state index is 12.6. The minimum absolute atomic E-state index is 0.0570. The van der Waals surface area contributed by atoms with Crippen LogP contribution in [-0.4, -0.2) is 37.0 Å². The van der Waals surface area contributed by atoms with Crippen molar-refractivity contribution < 1.29 is 4.79 Å². The second kappa shape index (κ2) is 9.14. The van der Waals surface area contributed by atoms with Crippen molar-refractivity contribution >= 4 is 17.3 Å². The molecule has 4 heteroatoms. The first kappa shape index (κ1) is 20.2. The molecule has 0 saturated carbocycles. The van der Waals surface area contributed by atoms with E-state index in [2.05, 4.69) is 57.6 Å². The normalized spacial score (nSPS) is 14.5. The van der Waals surface area contributed by atoms with Crippen LogP contribution < -0.4 is 10.2 Å². The standard InChI is InChI=1S/C26H29N3O/c1-20-7-6-10-25(21(20)2)26(30)27-23-11-13-24(14-12-23)29-17-15-28(16-18-29)19-22-8-4-3-5-9-22/h3-14H,15-19H2,1-2H3,(H,27,30). The summed E-state index contributed by atoms with van der Waals surface area (Å²) in [6, 6.07) is 24.7. The second-order valence-electron chi connectivity index (χ2n) is 8.00. The number of hydrogen-bond donors (Lipinski definition) is 1. The topological polar surface area (TPSA) is 35.6 Å². The van der Waals surface area contributed by atoms with Crippen LogP contribution in [0.15, 0.2) is 72.8 Å². The lowest BCUT2D eigenvalue weighted by Crippen LogP contribution is -2.45. The highest BCUT2D eigenvalue weighted by Crippen LogP contribution is 2.21. The molecule has 4 nitrogen and oxygen atoms in total. The SMILES string of the molecule is Cc1cccc(C(=O)Nc2ccc(N3CCN(Cc4ccccc4)CC3)cc2)c1C. The lowest BCUT2D eigenvalue weighted by molar-refractivity contribution is 0.102. The average Bonchev–Trinajstić information content (AvgIpc) is 2.77. The van der Waals surface area contributed by atoms with Crippen molar-refractivity contribution in [1.29, 1.82) is 0 Å². The Kier molecular flexibility index (Phi) is 6.15. The van der Waals surface area contributed by atoms with E-state index in [-0.39, 0.29) is 5.91 Å². The van der Waals surface area contributed by atoms with Gasteiger partial charge in [-0.05, 0) is 60.9 Å². The van der Waals surface area contributed by atoms with Gasteiger partial charge in [-0.1, -0.05) is 42.5 Å².